The number of hydrogen-bond donors (Lipinski definition) is 0. The van der Waals surface area contributed by atoms with Crippen LogP contribution >= 0.6 is 0 Å². The fourth-order valence-corrected chi connectivity index (χ4v) is 2.33. The Morgan fingerprint density at radius 1 is 1.06 bits per heavy atom. The standard InChI is InChI=1S/C13H24N4O/c1-4-12-14-15-13(18-12)10-17-7-5-16(6-8-17)9-11(2)3/h11H,4-10H2,1-3H3. The fraction of sp³-hybridized carbons (Fsp3) is 0.846. The van der Waals surface area contributed by atoms with E-state index < -0.39 is 0 Å². The summed E-state index contributed by atoms with van der Waals surface area (Å²) in [5, 5.41) is 8.08. The summed E-state index contributed by atoms with van der Waals surface area (Å²) in [6.45, 7) is 13.1. The van der Waals surface area contributed by atoms with Crippen LogP contribution in [0.3, 0.4) is 0 Å². The minimum absolute atomic E-state index is 0.739. The number of rotatable bonds is 5. The molecule has 5 nitrogen and oxygen atoms in total. The maximum absolute atomic E-state index is 5.55. The Kier molecular flexibility index (Phi) is 4.72. The molecule has 1 aromatic rings. The molecular formula is C13H24N4O. The summed E-state index contributed by atoms with van der Waals surface area (Å²) in [4.78, 5) is 4.93. The molecule has 2 heterocycles. The van der Waals surface area contributed by atoms with Crippen molar-refractivity contribution < 1.29 is 4.42 Å². The van der Waals surface area contributed by atoms with E-state index >= 15 is 0 Å². The molecule has 18 heavy (non-hydrogen) atoms. The molecule has 0 unspecified atom stereocenters. The molecule has 5 heteroatoms. The van der Waals surface area contributed by atoms with Crippen LogP contribution in [0.15, 0.2) is 4.42 Å². The van der Waals surface area contributed by atoms with Gasteiger partial charge in [-0.25, -0.2) is 0 Å². The highest BCUT2D eigenvalue weighted by molar-refractivity contribution is 4.83. The highest BCUT2D eigenvalue weighted by Gasteiger charge is 2.19. The first-order chi connectivity index (χ1) is 8.67. The summed E-state index contributed by atoms with van der Waals surface area (Å²) < 4.78 is 5.55. The topological polar surface area (TPSA) is 45.4 Å². The van der Waals surface area contributed by atoms with Gasteiger partial charge in [-0.2, -0.15) is 0 Å². The van der Waals surface area contributed by atoms with Gasteiger partial charge in [-0.3, -0.25) is 4.90 Å². The second-order valence-corrected chi connectivity index (χ2v) is 5.41. The molecule has 0 N–H and O–H groups in total. The smallest absolute Gasteiger partial charge is 0.230 e. The lowest BCUT2D eigenvalue weighted by Crippen LogP contribution is -2.46. The Bertz CT molecular complexity index is 356. The summed E-state index contributed by atoms with van der Waals surface area (Å²) in [6, 6.07) is 0. The number of aromatic nitrogens is 2. The van der Waals surface area contributed by atoms with Crippen molar-refractivity contribution in [3.63, 3.8) is 0 Å². The summed E-state index contributed by atoms with van der Waals surface area (Å²) in [7, 11) is 0. The molecule has 0 saturated carbocycles. The molecule has 0 aromatic carbocycles. The van der Waals surface area contributed by atoms with Crippen LogP contribution < -0.4 is 0 Å². The van der Waals surface area contributed by atoms with Gasteiger partial charge >= 0.3 is 0 Å². The van der Waals surface area contributed by atoms with Crippen molar-refractivity contribution in [2.24, 2.45) is 5.92 Å². The SMILES string of the molecule is CCc1nnc(CN2CCN(CC(C)C)CC2)o1. The zero-order valence-electron chi connectivity index (χ0n) is 11.7. The predicted molar refractivity (Wildman–Crippen MR) is 70.2 cm³/mol. The Morgan fingerprint density at radius 3 is 2.22 bits per heavy atom. The normalized spacial score (nSPS) is 18.7. The number of hydrogen-bond acceptors (Lipinski definition) is 5. The van der Waals surface area contributed by atoms with Gasteiger partial charge in [0.1, 0.15) is 0 Å². The van der Waals surface area contributed by atoms with Crippen LogP contribution in [0.2, 0.25) is 0 Å². The van der Waals surface area contributed by atoms with Gasteiger partial charge in [-0.15, -0.1) is 10.2 Å². The van der Waals surface area contributed by atoms with Gasteiger partial charge in [0, 0.05) is 39.1 Å². The maximum Gasteiger partial charge on any atom is 0.230 e. The maximum atomic E-state index is 5.55. The van der Waals surface area contributed by atoms with Crippen LogP contribution in [0.1, 0.15) is 32.6 Å². The Balaban J connectivity index is 1.76. The molecule has 0 radical (unpaired) electrons. The Labute approximate surface area is 109 Å². The molecule has 2 rings (SSSR count). The van der Waals surface area contributed by atoms with Gasteiger partial charge in [0.05, 0.1) is 6.54 Å². The number of nitrogens with zero attached hydrogens (tertiary/aromatic N) is 4. The van der Waals surface area contributed by atoms with E-state index in [-0.39, 0.29) is 0 Å². The first-order valence-electron chi connectivity index (χ1n) is 6.93. The molecule has 0 atom stereocenters. The first-order valence-corrected chi connectivity index (χ1v) is 6.93. The van der Waals surface area contributed by atoms with Crippen molar-refractivity contribution in [1.29, 1.82) is 0 Å². The van der Waals surface area contributed by atoms with Crippen LogP contribution in [-0.4, -0.2) is 52.7 Å². The van der Waals surface area contributed by atoms with Crippen LogP contribution in [0.4, 0.5) is 0 Å². The van der Waals surface area contributed by atoms with Crippen LogP contribution in [-0.2, 0) is 13.0 Å². The van der Waals surface area contributed by atoms with Crippen molar-refractivity contribution in [1.82, 2.24) is 20.0 Å². The van der Waals surface area contributed by atoms with Crippen molar-refractivity contribution >= 4 is 0 Å². The van der Waals surface area contributed by atoms with Crippen LogP contribution in [0.5, 0.6) is 0 Å². The molecule has 1 aliphatic rings. The summed E-state index contributed by atoms with van der Waals surface area (Å²) >= 11 is 0. The van der Waals surface area contributed by atoms with Gasteiger partial charge in [-0.1, -0.05) is 20.8 Å². The van der Waals surface area contributed by atoms with E-state index in [0.29, 0.717) is 0 Å². The van der Waals surface area contributed by atoms with E-state index in [2.05, 4.69) is 33.8 Å². The molecule has 1 aliphatic heterocycles. The quantitative estimate of drug-likeness (QED) is 0.793. The van der Waals surface area contributed by atoms with Gasteiger partial charge in [0.25, 0.3) is 0 Å². The molecular weight excluding hydrogens is 228 g/mol. The summed E-state index contributed by atoms with van der Waals surface area (Å²) in [5.74, 6) is 2.24. The van der Waals surface area contributed by atoms with Gasteiger partial charge in [0.15, 0.2) is 0 Å². The number of piperazine rings is 1. The third-order valence-corrected chi connectivity index (χ3v) is 3.26. The largest absolute Gasteiger partial charge is 0.424 e. The van der Waals surface area contributed by atoms with E-state index in [0.717, 1.165) is 56.8 Å². The third-order valence-electron chi connectivity index (χ3n) is 3.26. The highest BCUT2D eigenvalue weighted by atomic mass is 16.4. The van der Waals surface area contributed by atoms with Crippen LogP contribution in [0.25, 0.3) is 0 Å². The van der Waals surface area contributed by atoms with Gasteiger partial charge < -0.3 is 9.32 Å². The van der Waals surface area contributed by atoms with Crippen molar-refractivity contribution in [3.8, 4) is 0 Å². The minimum Gasteiger partial charge on any atom is -0.424 e. The van der Waals surface area contributed by atoms with Gasteiger partial charge in [-0.05, 0) is 5.92 Å². The van der Waals surface area contributed by atoms with E-state index in [1.807, 2.05) is 6.92 Å². The lowest BCUT2D eigenvalue weighted by molar-refractivity contribution is 0.110. The molecule has 1 aromatic heterocycles. The fourth-order valence-electron chi connectivity index (χ4n) is 2.33. The lowest BCUT2D eigenvalue weighted by atomic mass is 10.2. The van der Waals surface area contributed by atoms with Crippen LogP contribution in [0, 0.1) is 5.92 Å². The minimum atomic E-state index is 0.739. The molecule has 0 aliphatic carbocycles. The molecule has 1 fully saturated rings. The Hall–Kier alpha value is -0.940. The second kappa shape index (κ2) is 6.29. The average molecular weight is 252 g/mol. The molecule has 0 amide bonds. The molecule has 1 saturated heterocycles. The monoisotopic (exact) mass is 252 g/mol. The molecule has 0 spiro atoms. The van der Waals surface area contributed by atoms with Crippen molar-refractivity contribution in [2.45, 2.75) is 33.7 Å². The summed E-state index contributed by atoms with van der Waals surface area (Å²) in [5.41, 5.74) is 0. The third kappa shape index (κ3) is 3.78. The van der Waals surface area contributed by atoms with E-state index in [1.165, 1.54) is 6.54 Å². The first kappa shape index (κ1) is 13.5. The second-order valence-electron chi connectivity index (χ2n) is 5.41. The predicted octanol–water partition coefficient (Wildman–Crippen LogP) is 1.41. The summed E-state index contributed by atoms with van der Waals surface area (Å²) in [6.07, 6.45) is 0.815. The Morgan fingerprint density at radius 2 is 1.67 bits per heavy atom. The van der Waals surface area contributed by atoms with E-state index in [4.69, 9.17) is 4.42 Å². The van der Waals surface area contributed by atoms with E-state index in [1.54, 1.807) is 0 Å². The lowest BCUT2D eigenvalue weighted by Gasteiger charge is -2.34. The average Bonchev–Trinajstić information content (AvgIpc) is 2.79. The van der Waals surface area contributed by atoms with Crippen molar-refractivity contribution in [2.75, 3.05) is 32.7 Å². The van der Waals surface area contributed by atoms with Crippen molar-refractivity contribution in [3.05, 3.63) is 11.8 Å². The zero-order chi connectivity index (χ0) is 13.0. The van der Waals surface area contributed by atoms with Gasteiger partial charge in [0.2, 0.25) is 11.8 Å². The molecule has 102 valence electrons. The zero-order valence-corrected chi connectivity index (χ0v) is 11.7. The highest BCUT2D eigenvalue weighted by Crippen LogP contribution is 2.09. The van der Waals surface area contributed by atoms with E-state index in [9.17, 15) is 0 Å². The molecule has 0 bridgehead atoms. The number of aryl methyl sites for hydroxylation is 1.